The van der Waals surface area contributed by atoms with Crippen LogP contribution >= 0.6 is 22.9 Å². The number of fused-ring (bicyclic) bond motifs is 1. The Labute approximate surface area is 154 Å². The minimum absolute atomic E-state index is 0.0983. The summed E-state index contributed by atoms with van der Waals surface area (Å²) in [6.07, 6.45) is 3.22. The molecule has 0 bridgehead atoms. The van der Waals surface area contributed by atoms with Gasteiger partial charge in [0.15, 0.2) is 5.78 Å². The largest absolute Gasteiger partial charge is 0.462 e. The van der Waals surface area contributed by atoms with E-state index in [9.17, 15) is 9.59 Å². The van der Waals surface area contributed by atoms with Gasteiger partial charge in [-0.1, -0.05) is 29.8 Å². The molecule has 5 heteroatoms. The second-order valence-electron chi connectivity index (χ2n) is 5.30. The summed E-state index contributed by atoms with van der Waals surface area (Å²) in [6.45, 7) is 2.10. The molecule has 0 N–H and O–H groups in total. The Bertz CT molecular complexity index is 972. The second kappa shape index (κ2) is 7.64. The van der Waals surface area contributed by atoms with Crippen LogP contribution in [0.25, 0.3) is 16.2 Å². The SMILES string of the molecule is CCOC(=O)c1ccc2sc(C(=O)/C=C/c3ccccc3Cl)cc2c1. The van der Waals surface area contributed by atoms with Gasteiger partial charge in [0.1, 0.15) is 0 Å². The third-order valence-electron chi connectivity index (χ3n) is 3.59. The molecule has 1 aromatic heterocycles. The molecule has 0 spiro atoms. The summed E-state index contributed by atoms with van der Waals surface area (Å²) >= 11 is 7.48. The molecule has 126 valence electrons. The van der Waals surface area contributed by atoms with Crippen LogP contribution in [0.3, 0.4) is 0 Å². The minimum Gasteiger partial charge on any atom is -0.462 e. The van der Waals surface area contributed by atoms with Crippen molar-refractivity contribution in [2.24, 2.45) is 0 Å². The van der Waals surface area contributed by atoms with Gasteiger partial charge in [-0.3, -0.25) is 4.79 Å². The lowest BCUT2D eigenvalue weighted by atomic mass is 10.1. The van der Waals surface area contributed by atoms with Crippen LogP contribution in [0.15, 0.2) is 54.6 Å². The molecule has 3 aromatic rings. The van der Waals surface area contributed by atoms with Gasteiger partial charge >= 0.3 is 5.97 Å². The maximum Gasteiger partial charge on any atom is 0.338 e. The van der Waals surface area contributed by atoms with Gasteiger partial charge in [0.25, 0.3) is 0 Å². The van der Waals surface area contributed by atoms with Crippen LogP contribution in [-0.4, -0.2) is 18.4 Å². The number of ether oxygens (including phenoxy) is 1. The first-order chi connectivity index (χ1) is 12.1. The van der Waals surface area contributed by atoms with Crippen LogP contribution in [0.2, 0.25) is 5.02 Å². The van der Waals surface area contributed by atoms with Gasteiger partial charge in [-0.15, -0.1) is 11.3 Å². The van der Waals surface area contributed by atoms with Crippen molar-refractivity contribution in [2.45, 2.75) is 6.92 Å². The number of carbonyl (C=O) groups is 2. The highest BCUT2D eigenvalue weighted by atomic mass is 35.5. The molecule has 0 radical (unpaired) electrons. The van der Waals surface area contributed by atoms with E-state index >= 15 is 0 Å². The quantitative estimate of drug-likeness (QED) is 0.332. The van der Waals surface area contributed by atoms with Gasteiger partial charge in [0, 0.05) is 9.72 Å². The topological polar surface area (TPSA) is 43.4 Å². The number of halogens is 1. The highest BCUT2D eigenvalue weighted by Crippen LogP contribution is 2.28. The van der Waals surface area contributed by atoms with Gasteiger partial charge in [0.2, 0.25) is 0 Å². The van der Waals surface area contributed by atoms with E-state index in [1.807, 2.05) is 24.3 Å². The molecule has 0 aliphatic carbocycles. The Kier molecular flexibility index (Phi) is 5.31. The van der Waals surface area contributed by atoms with Crippen LogP contribution in [0.5, 0.6) is 0 Å². The number of hydrogen-bond acceptors (Lipinski definition) is 4. The smallest absolute Gasteiger partial charge is 0.338 e. The summed E-state index contributed by atoms with van der Waals surface area (Å²) in [5.41, 5.74) is 1.28. The molecule has 3 rings (SSSR count). The number of benzene rings is 2. The van der Waals surface area contributed by atoms with E-state index in [1.165, 1.54) is 17.4 Å². The molecule has 2 aromatic carbocycles. The van der Waals surface area contributed by atoms with Gasteiger partial charge < -0.3 is 4.74 Å². The van der Waals surface area contributed by atoms with E-state index in [-0.39, 0.29) is 11.8 Å². The molecule has 3 nitrogen and oxygen atoms in total. The average molecular weight is 371 g/mol. The van der Waals surface area contributed by atoms with Crippen molar-refractivity contribution in [3.63, 3.8) is 0 Å². The summed E-state index contributed by atoms with van der Waals surface area (Å²) in [4.78, 5) is 24.8. The standard InChI is InChI=1S/C20H15ClO3S/c1-2-24-20(23)14-8-10-18-15(11-14)12-19(25-18)17(22)9-7-13-5-3-4-6-16(13)21/h3-12H,2H2,1H3/b9-7+. The highest BCUT2D eigenvalue weighted by molar-refractivity contribution is 7.21. The third kappa shape index (κ3) is 3.98. The predicted molar refractivity (Wildman–Crippen MR) is 103 cm³/mol. The average Bonchev–Trinajstić information content (AvgIpc) is 3.04. The van der Waals surface area contributed by atoms with Crippen molar-refractivity contribution >= 4 is 50.9 Å². The first-order valence-corrected chi connectivity index (χ1v) is 8.95. The summed E-state index contributed by atoms with van der Waals surface area (Å²) in [5.74, 6) is -0.458. The number of allylic oxidation sites excluding steroid dienone is 1. The van der Waals surface area contributed by atoms with E-state index in [4.69, 9.17) is 16.3 Å². The number of thiophene rings is 1. The molecule has 0 unspecified atom stereocenters. The van der Waals surface area contributed by atoms with Crippen LogP contribution in [0, 0.1) is 0 Å². The first-order valence-electron chi connectivity index (χ1n) is 7.76. The number of esters is 1. The molecule has 0 atom stereocenters. The van der Waals surface area contributed by atoms with E-state index in [0.29, 0.717) is 22.1 Å². The normalized spacial score (nSPS) is 11.1. The molecule has 25 heavy (non-hydrogen) atoms. The number of hydrogen-bond donors (Lipinski definition) is 0. The molecule has 0 aliphatic heterocycles. The van der Waals surface area contributed by atoms with Gasteiger partial charge in [-0.05, 0) is 60.4 Å². The van der Waals surface area contributed by atoms with Gasteiger partial charge in [0.05, 0.1) is 17.0 Å². The van der Waals surface area contributed by atoms with Crippen molar-refractivity contribution in [3.05, 3.63) is 75.6 Å². The fourth-order valence-electron chi connectivity index (χ4n) is 2.36. The van der Waals surface area contributed by atoms with Crippen LogP contribution in [0.4, 0.5) is 0 Å². The Hall–Kier alpha value is -2.43. The van der Waals surface area contributed by atoms with Crippen molar-refractivity contribution in [2.75, 3.05) is 6.61 Å². The van der Waals surface area contributed by atoms with Crippen molar-refractivity contribution in [3.8, 4) is 0 Å². The zero-order chi connectivity index (χ0) is 17.8. The lowest BCUT2D eigenvalue weighted by Gasteiger charge is -2.00. The molecular weight excluding hydrogens is 356 g/mol. The predicted octanol–water partition coefficient (Wildman–Crippen LogP) is 5.63. The Morgan fingerprint density at radius 3 is 2.72 bits per heavy atom. The number of rotatable bonds is 5. The Morgan fingerprint density at radius 1 is 1.16 bits per heavy atom. The van der Waals surface area contributed by atoms with Crippen LogP contribution in [0.1, 0.15) is 32.5 Å². The molecule has 0 amide bonds. The molecular formula is C20H15ClO3S. The maximum absolute atomic E-state index is 12.4. The monoisotopic (exact) mass is 370 g/mol. The first kappa shape index (κ1) is 17.4. The van der Waals surface area contributed by atoms with Crippen LogP contribution < -0.4 is 0 Å². The van der Waals surface area contributed by atoms with E-state index in [2.05, 4.69) is 0 Å². The zero-order valence-electron chi connectivity index (χ0n) is 13.5. The van der Waals surface area contributed by atoms with Crippen LogP contribution in [-0.2, 0) is 4.74 Å². The maximum atomic E-state index is 12.4. The minimum atomic E-state index is -0.359. The van der Waals surface area contributed by atoms with E-state index in [1.54, 1.807) is 37.3 Å². The van der Waals surface area contributed by atoms with Crippen molar-refractivity contribution in [1.29, 1.82) is 0 Å². The summed E-state index contributed by atoms with van der Waals surface area (Å²) in [7, 11) is 0. The summed E-state index contributed by atoms with van der Waals surface area (Å²) < 4.78 is 5.95. The number of carbonyl (C=O) groups excluding carboxylic acids is 2. The fourth-order valence-corrected chi connectivity index (χ4v) is 3.53. The summed E-state index contributed by atoms with van der Waals surface area (Å²) in [5, 5.41) is 1.45. The van der Waals surface area contributed by atoms with Crippen molar-refractivity contribution < 1.29 is 14.3 Å². The molecule has 0 fully saturated rings. The molecule has 0 aliphatic rings. The Morgan fingerprint density at radius 2 is 1.96 bits per heavy atom. The number of ketones is 1. The lowest BCUT2D eigenvalue weighted by molar-refractivity contribution is 0.0526. The van der Waals surface area contributed by atoms with Crippen molar-refractivity contribution in [1.82, 2.24) is 0 Å². The Balaban J connectivity index is 1.85. The van der Waals surface area contributed by atoms with Gasteiger partial charge in [-0.25, -0.2) is 4.79 Å². The second-order valence-corrected chi connectivity index (χ2v) is 6.79. The van der Waals surface area contributed by atoms with E-state index in [0.717, 1.165) is 15.6 Å². The van der Waals surface area contributed by atoms with Gasteiger partial charge in [-0.2, -0.15) is 0 Å². The summed E-state index contributed by atoms with van der Waals surface area (Å²) in [6, 6.07) is 14.4. The molecule has 0 saturated heterocycles. The molecule has 1 heterocycles. The fraction of sp³-hybridized carbons (Fsp3) is 0.100. The highest BCUT2D eigenvalue weighted by Gasteiger charge is 2.11. The lowest BCUT2D eigenvalue weighted by Crippen LogP contribution is -2.03. The van der Waals surface area contributed by atoms with E-state index < -0.39 is 0 Å². The molecule has 0 saturated carbocycles. The zero-order valence-corrected chi connectivity index (χ0v) is 15.1. The third-order valence-corrected chi connectivity index (χ3v) is 5.06.